The molecule has 224 valence electrons. The van der Waals surface area contributed by atoms with Gasteiger partial charge in [-0.2, -0.15) is 26.3 Å². The maximum absolute atomic E-state index is 13.3. The molecular formula is C20H18F6N5O9P. The lowest BCUT2D eigenvalue weighted by atomic mass is 9.99. The highest BCUT2D eigenvalue weighted by Crippen LogP contribution is 2.58. The fourth-order valence-corrected chi connectivity index (χ4v) is 5.48. The largest absolute Gasteiger partial charge is 0.475 e. The van der Waals surface area contributed by atoms with Crippen LogP contribution >= 0.6 is 7.82 Å². The summed E-state index contributed by atoms with van der Waals surface area (Å²) in [5.41, 5.74) is 0.571. The predicted molar refractivity (Wildman–Crippen MR) is 120 cm³/mol. The molecule has 21 heteroatoms. The Balaban J connectivity index is 1.60. The second kappa shape index (κ2) is 10.9. The van der Waals surface area contributed by atoms with Gasteiger partial charge in [-0.05, 0) is 29.3 Å². The van der Waals surface area contributed by atoms with E-state index in [1.165, 1.54) is 0 Å². The Kier molecular flexibility index (Phi) is 8.16. The maximum Gasteiger partial charge on any atom is 0.475 e. The third kappa shape index (κ3) is 6.34. The summed E-state index contributed by atoms with van der Waals surface area (Å²) in [7, 11) is -4.85. The number of nitrogens with one attached hydrogen (secondary N) is 1. The van der Waals surface area contributed by atoms with Gasteiger partial charge in [0, 0.05) is 23.6 Å². The molecule has 3 N–H and O–H groups in total. The van der Waals surface area contributed by atoms with Gasteiger partial charge in [0.1, 0.15) is 12.2 Å². The third-order valence-corrected chi connectivity index (χ3v) is 7.50. The van der Waals surface area contributed by atoms with Gasteiger partial charge < -0.3 is 14.9 Å². The van der Waals surface area contributed by atoms with Crippen molar-refractivity contribution in [3.63, 3.8) is 0 Å². The minimum Gasteiger partial charge on any atom is -0.387 e. The van der Waals surface area contributed by atoms with Crippen LogP contribution in [0.4, 0.5) is 26.3 Å². The highest BCUT2D eigenvalue weighted by molar-refractivity contribution is 7.48. The summed E-state index contributed by atoms with van der Waals surface area (Å²) in [6, 6.07) is 1.53. The molecule has 0 spiro atoms. The van der Waals surface area contributed by atoms with Crippen molar-refractivity contribution in [3.05, 3.63) is 78.4 Å². The van der Waals surface area contributed by atoms with Crippen LogP contribution in [0.15, 0.2) is 45.2 Å². The Morgan fingerprint density at radius 2 is 1.80 bits per heavy atom. The molecular weight excluding hydrogens is 599 g/mol. The zero-order chi connectivity index (χ0) is 30.4. The van der Waals surface area contributed by atoms with Gasteiger partial charge in [0.25, 0.3) is 5.56 Å². The van der Waals surface area contributed by atoms with E-state index in [1.807, 2.05) is 4.98 Å². The van der Waals surface area contributed by atoms with Gasteiger partial charge in [-0.15, -0.1) is 0 Å². The molecule has 1 unspecified atom stereocenters. The van der Waals surface area contributed by atoms with Gasteiger partial charge in [0.15, 0.2) is 6.23 Å². The van der Waals surface area contributed by atoms with E-state index in [1.54, 1.807) is 0 Å². The summed E-state index contributed by atoms with van der Waals surface area (Å²) in [5, 5.41) is 24.3. The molecule has 0 saturated carbocycles. The second-order valence-corrected chi connectivity index (χ2v) is 10.4. The average Bonchev–Trinajstić information content (AvgIpc) is 3.12. The predicted octanol–water partition coefficient (Wildman–Crippen LogP) is 3.13. The molecule has 4 rings (SSSR count). The lowest BCUT2D eigenvalue weighted by Gasteiger charge is -2.32. The molecule has 0 amide bonds. The van der Waals surface area contributed by atoms with Crippen molar-refractivity contribution in [2.24, 2.45) is 5.11 Å². The van der Waals surface area contributed by atoms with Crippen molar-refractivity contribution in [3.8, 4) is 0 Å². The number of alkyl halides is 6. The van der Waals surface area contributed by atoms with Gasteiger partial charge in [0.2, 0.25) is 5.72 Å². The number of nitrogens with zero attached hydrogens (tertiary/aromatic N) is 4. The topological polar surface area (TPSA) is 198 Å². The van der Waals surface area contributed by atoms with Crippen molar-refractivity contribution in [1.82, 2.24) is 9.55 Å². The van der Waals surface area contributed by atoms with E-state index in [9.17, 15) is 50.7 Å². The number of halogens is 6. The van der Waals surface area contributed by atoms with E-state index < -0.39 is 91.6 Å². The fourth-order valence-electron chi connectivity index (χ4n) is 4.07. The van der Waals surface area contributed by atoms with Crippen LogP contribution in [0.3, 0.4) is 0 Å². The Labute approximate surface area is 223 Å². The number of benzene rings is 1. The van der Waals surface area contributed by atoms with Crippen molar-refractivity contribution >= 4 is 7.82 Å². The number of azide groups is 1. The van der Waals surface area contributed by atoms with Crippen LogP contribution in [0.25, 0.3) is 10.4 Å². The maximum atomic E-state index is 13.3. The number of ether oxygens (including phenoxy) is 1. The number of hydrogen-bond donors (Lipinski definition) is 3. The highest BCUT2D eigenvalue weighted by Gasteiger charge is 2.56. The molecule has 14 nitrogen and oxygen atoms in total. The van der Waals surface area contributed by atoms with Crippen LogP contribution < -0.4 is 11.2 Å². The molecule has 1 aromatic heterocycles. The molecule has 2 aliphatic rings. The van der Waals surface area contributed by atoms with Crippen LogP contribution in [0.5, 0.6) is 0 Å². The van der Waals surface area contributed by atoms with E-state index in [4.69, 9.17) is 23.8 Å². The monoisotopic (exact) mass is 617 g/mol. The van der Waals surface area contributed by atoms with Crippen LogP contribution in [0, 0.1) is 0 Å². The molecule has 2 saturated heterocycles. The fraction of sp³-hybridized carbons (Fsp3) is 0.500. The van der Waals surface area contributed by atoms with E-state index in [-0.39, 0.29) is 12.5 Å². The van der Waals surface area contributed by atoms with Crippen LogP contribution in [0.2, 0.25) is 0 Å². The van der Waals surface area contributed by atoms with Crippen LogP contribution in [0.1, 0.15) is 35.4 Å². The van der Waals surface area contributed by atoms with Gasteiger partial charge in [-0.25, -0.2) is 9.36 Å². The van der Waals surface area contributed by atoms with E-state index >= 15 is 0 Å². The smallest absolute Gasteiger partial charge is 0.387 e. The number of phosphoric acid groups is 1. The standard InChI is InChI=1S/C20H18F6N5O9P/c21-19(22,23)10-5-9(6-11(7-10)20(24,25)26)12-2-4-37-41(36,40-12)38-8-18(29-30-27)15(34)14(33)16(39-18)31-3-1-13(32)28-17(31)35/h1,3,5-7,12,14-16,33-34H,2,4,8H2,(H,28,32,35)/t12-,14+,15-,16+,18+,41?/m0/s1. The van der Waals surface area contributed by atoms with Crippen LogP contribution in [-0.2, 0) is 35.2 Å². The Hall–Kier alpha value is -3.22. The number of aromatic amines is 1. The quantitative estimate of drug-likeness (QED) is 0.143. The summed E-state index contributed by atoms with van der Waals surface area (Å²) in [4.78, 5) is 27.8. The first-order valence-corrected chi connectivity index (χ1v) is 12.7. The zero-order valence-corrected chi connectivity index (χ0v) is 21.0. The van der Waals surface area contributed by atoms with Crippen molar-refractivity contribution in [1.29, 1.82) is 0 Å². The summed E-state index contributed by atoms with van der Waals surface area (Å²) in [5.74, 6) is 0. The molecule has 2 aromatic rings. The lowest BCUT2D eigenvalue weighted by Crippen LogP contribution is -2.45. The van der Waals surface area contributed by atoms with Gasteiger partial charge >= 0.3 is 25.9 Å². The lowest BCUT2D eigenvalue weighted by molar-refractivity contribution is -0.143. The van der Waals surface area contributed by atoms with Crippen molar-refractivity contribution < 1.29 is 59.4 Å². The van der Waals surface area contributed by atoms with E-state index in [0.717, 1.165) is 12.3 Å². The number of aliphatic hydroxyl groups is 2. The molecule has 3 heterocycles. The summed E-state index contributed by atoms with van der Waals surface area (Å²) >= 11 is 0. The Morgan fingerprint density at radius 3 is 2.37 bits per heavy atom. The molecule has 2 fully saturated rings. The number of H-pyrrole nitrogens is 1. The third-order valence-electron chi connectivity index (χ3n) is 6.04. The van der Waals surface area contributed by atoms with Gasteiger partial charge in [-0.1, -0.05) is 5.11 Å². The summed E-state index contributed by atoms with van der Waals surface area (Å²) in [6.45, 7) is -1.74. The van der Waals surface area contributed by atoms with Crippen molar-refractivity contribution in [2.45, 2.75) is 49.0 Å². The first-order chi connectivity index (χ1) is 19.0. The average molecular weight is 617 g/mol. The van der Waals surface area contributed by atoms with E-state index in [2.05, 4.69) is 10.0 Å². The molecule has 0 aliphatic carbocycles. The first kappa shape index (κ1) is 30.7. The Bertz CT molecular complexity index is 1490. The summed E-state index contributed by atoms with van der Waals surface area (Å²) < 4.78 is 114. The normalized spacial score (nSPS) is 30.6. The first-order valence-electron chi connectivity index (χ1n) is 11.3. The SMILES string of the molecule is [N-]=[N+]=N[C@]1(COP2(=O)OCC[C@@H](c3cc(C(F)(F)F)cc(C(F)(F)F)c3)O2)O[C@@H](n2ccc(=O)[nH]c2=O)[C@H](O)[C@@H]1O. The molecule has 0 radical (unpaired) electrons. The van der Waals surface area contributed by atoms with E-state index in [0.29, 0.717) is 16.7 Å². The molecule has 1 aromatic carbocycles. The van der Waals surface area contributed by atoms with Gasteiger partial charge in [-0.3, -0.25) is 27.9 Å². The number of phosphoric ester groups is 1. The minimum absolute atomic E-state index is 0.100. The molecule has 0 bridgehead atoms. The van der Waals surface area contributed by atoms with Gasteiger partial charge in [0.05, 0.1) is 30.4 Å². The zero-order valence-electron chi connectivity index (χ0n) is 20.1. The number of aromatic nitrogens is 2. The Morgan fingerprint density at radius 1 is 1.17 bits per heavy atom. The number of hydrogen-bond acceptors (Lipinski definition) is 10. The second-order valence-electron chi connectivity index (χ2n) is 8.77. The van der Waals surface area contributed by atoms with Crippen LogP contribution in [-0.4, -0.2) is 50.9 Å². The number of rotatable bonds is 6. The number of aliphatic hydroxyl groups excluding tert-OH is 2. The molecule has 2 aliphatic heterocycles. The minimum atomic E-state index is -5.16. The molecule has 41 heavy (non-hydrogen) atoms. The highest BCUT2D eigenvalue weighted by atomic mass is 31.2. The molecule has 6 atom stereocenters. The van der Waals surface area contributed by atoms with Crippen molar-refractivity contribution in [2.75, 3.05) is 13.2 Å². The summed E-state index contributed by atoms with van der Waals surface area (Å²) in [6.07, 6.45) is -17.4.